The third-order valence-electron chi connectivity index (χ3n) is 5.67. The minimum Gasteiger partial charge on any atom is -0.423 e. The van der Waals surface area contributed by atoms with Gasteiger partial charge >= 0.3 is 0 Å². The van der Waals surface area contributed by atoms with E-state index in [1.165, 1.54) is 5.56 Å². The van der Waals surface area contributed by atoms with Crippen LogP contribution in [-0.4, -0.2) is 48.5 Å². The molecule has 2 heterocycles. The van der Waals surface area contributed by atoms with Crippen LogP contribution in [-0.2, 0) is 4.79 Å². The van der Waals surface area contributed by atoms with Crippen LogP contribution >= 0.6 is 24.8 Å². The summed E-state index contributed by atoms with van der Waals surface area (Å²) in [6, 6.07) is 6.69. The Morgan fingerprint density at radius 1 is 1.22 bits per heavy atom. The minimum atomic E-state index is 0. The van der Waals surface area contributed by atoms with Gasteiger partial charge < -0.3 is 20.0 Å². The van der Waals surface area contributed by atoms with E-state index in [4.69, 9.17) is 10.2 Å². The highest BCUT2D eigenvalue weighted by molar-refractivity contribution is 5.85. The molecule has 1 aromatic carbocycles. The van der Waals surface area contributed by atoms with Gasteiger partial charge in [-0.15, -0.1) is 24.8 Å². The lowest BCUT2D eigenvalue weighted by Crippen LogP contribution is -2.51. The molecule has 1 aromatic heterocycles. The molecule has 6 nitrogen and oxygen atoms in total. The molecule has 1 saturated carbocycles. The van der Waals surface area contributed by atoms with Gasteiger partial charge in [-0.1, -0.05) is 12.5 Å². The number of nitrogens with zero attached hydrogens (tertiary/aromatic N) is 3. The zero-order chi connectivity index (χ0) is 17.4. The van der Waals surface area contributed by atoms with Gasteiger partial charge in [-0.3, -0.25) is 4.79 Å². The van der Waals surface area contributed by atoms with E-state index in [9.17, 15) is 4.79 Å². The van der Waals surface area contributed by atoms with Gasteiger partial charge in [0.25, 0.3) is 6.01 Å². The average Bonchev–Trinajstić information content (AvgIpc) is 3.27. The molecule has 150 valence electrons. The van der Waals surface area contributed by atoms with Crippen LogP contribution in [0.3, 0.4) is 0 Å². The molecule has 0 spiro atoms. The summed E-state index contributed by atoms with van der Waals surface area (Å²) < 4.78 is 5.89. The molecule has 8 heteroatoms. The van der Waals surface area contributed by atoms with E-state index in [1.54, 1.807) is 0 Å². The fourth-order valence-electron chi connectivity index (χ4n) is 4.16. The summed E-state index contributed by atoms with van der Waals surface area (Å²) in [6.07, 6.45) is 3.21. The highest BCUT2D eigenvalue weighted by Crippen LogP contribution is 2.33. The number of fused-ring (bicyclic) bond motifs is 1. The first-order valence-electron chi connectivity index (χ1n) is 9.26. The van der Waals surface area contributed by atoms with Crippen LogP contribution in [0.5, 0.6) is 0 Å². The third-order valence-corrected chi connectivity index (χ3v) is 5.67. The smallest absolute Gasteiger partial charge is 0.298 e. The lowest BCUT2D eigenvalue weighted by atomic mass is 9.94. The maximum atomic E-state index is 12.8. The summed E-state index contributed by atoms with van der Waals surface area (Å²) in [7, 11) is 0. The number of rotatable bonds is 3. The standard InChI is InChI=1S/C19H26N4O2.2ClH/c1-13-5-6-17-16(11-13)21-19(25-17)23-9-7-22(8-10-23)18(24)15-4-2-3-14(15)12-20;;/h5-6,11,14-15H,2-4,7-10,12,20H2,1H3;2*1H/t14-,15-;;/m1../s1. The molecule has 0 unspecified atom stereocenters. The fraction of sp³-hybridized carbons (Fsp3) is 0.579. The topological polar surface area (TPSA) is 75.6 Å². The monoisotopic (exact) mass is 414 g/mol. The Hall–Kier alpha value is -1.50. The zero-order valence-corrected chi connectivity index (χ0v) is 17.2. The molecule has 1 saturated heterocycles. The van der Waals surface area contributed by atoms with E-state index in [-0.39, 0.29) is 30.7 Å². The first kappa shape index (κ1) is 21.8. The van der Waals surface area contributed by atoms with E-state index in [0.717, 1.165) is 56.5 Å². The van der Waals surface area contributed by atoms with Crippen LogP contribution < -0.4 is 10.6 Å². The third kappa shape index (κ3) is 4.33. The molecule has 1 amide bonds. The Balaban J connectivity index is 0.00000131. The number of nitrogens with two attached hydrogens (primary N) is 1. The Morgan fingerprint density at radius 2 is 1.96 bits per heavy atom. The van der Waals surface area contributed by atoms with Crippen molar-refractivity contribution in [2.24, 2.45) is 17.6 Å². The van der Waals surface area contributed by atoms with E-state index < -0.39 is 0 Å². The number of anilines is 1. The van der Waals surface area contributed by atoms with Crippen molar-refractivity contribution in [1.29, 1.82) is 0 Å². The van der Waals surface area contributed by atoms with Crippen LogP contribution in [0.1, 0.15) is 24.8 Å². The Morgan fingerprint density at radius 3 is 2.67 bits per heavy atom. The number of hydrogen-bond acceptors (Lipinski definition) is 5. The Labute approximate surface area is 172 Å². The molecular formula is C19H28Cl2N4O2. The lowest BCUT2D eigenvalue weighted by Gasteiger charge is -2.36. The van der Waals surface area contributed by atoms with Crippen molar-refractivity contribution in [2.75, 3.05) is 37.6 Å². The van der Waals surface area contributed by atoms with Crippen molar-refractivity contribution in [3.63, 3.8) is 0 Å². The van der Waals surface area contributed by atoms with Gasteiger partial charge in [-0.25, -0.2) is 0 Å². The number of aryl methyl sites for hydroxylation is 1. The normalized spacial score (nSPS) is 22.4. The molecule has 2 aromatic rings. The van der Waals surface area contributed by atoms with Crippen molar-refractivity contribution >= 4 is 47.8 Å². The van der Waals surface area contributed by atoms with Crippen molar-refractivity contribution in [1.82, 2.24) is 9.88 Å². The summed E-state index contributed by atoms with van der Waals surface area (Å²) in [6.45, 7) is 5.65. The van der Waals surface area contributed by atoms with Gasteiger partial charge in [-0.05, 0) is 49.9 Å². The number of carbonyl (C=O) groups is 1. The van der Waals surface area contributed by atoms with Crippen molar-refractivity contribution < 1.29 is 9.21 Å². The maximum absolute atomic E-state index is 12.8. The van der Waals surface area contributed by atoms with Crippen LogP contribution in [0.15, 0.2) is 22.6 Å². The largest absolute Gasteiger partial charge is 0.423 e. The summed E-state index contributed by atoms with van der Waals surface area (Å²) >= 11 is 0. The predicted octanol–water partition coefficient (Wildman–Crippen LogP) is 3.00. The average molecular weight is 415 g/mol. The van der Waals surface area contributed by atoms with E-state index in [0.29, 0.717) is 24.4 Å². The number of oxazole rings is 1. The number of piperazine rings is 1. The van der Waals surface area contributed by atoms with Gasteiger partial charge in [-0.2, -0.15) is 4.98 Å². The first-order chi connectivity index (χ1) is 12.2. The summed E-state index contributed by atoms with van der Waals surface area (Å²) in [5.74, 6) is 0.787. The number of benzene rings is 1. The van der Waals surface area contributed by atoms with E-state index >= 15 is 0 Å². The molecule has 0 bridgehead atoms. The van der Waals surface area contributed by atoms with Gasteiger partial charge in [0.15, 0.2) is 5.58 Å². The highest BCUT2D eigenvalue weighted by atomic mass is 35.5. The summed E-state index contributed by atoms with van der Waals surface area (Å²) in [5.41, 5.74) is 8.72. The van der Waals surface area contributed by atoms with E-state index in [1.807, 2.05) is 23.1 Å². The van der Waals surface area contributed by atoms with Crippen LogP contribution in [0.25, 0.3) is 11.1 Å². The fourth-order valence-corrected chi connectivity index (χ4v) is 4.16. The van der Waals surface area contributed by atoms with Crippen molar-refractivity contribution in [2.45, 2.75) is 26.2 Å². The quantitative estimate of drug-likeness (QED) is 0.834. The van der Waals surface area contributed by atoms with Crippen LogP contribution in [0.4, 0.5) is 6.01 Å². The second-order valence-electron chi connectivity index (χ2n) is 7.31. The molecule has 2 aliphatic rings. The summed E-state index contributed by atoms with van der Waals surface area (Å²) in [5, 5.41) is 0. The molecule has 0 radical (unpaired) electrons. The van der Waals surface area contributed by atoms with Gasteiger partial charge in [0.05, 0.1) is 0 Å². The van der Waals surface area contributed by atoms with Crippen molar-refractivity contribution in [3.8, 4) is 0 Å². The zero-order valence-electron chi connectivity index (χ0n) is 15.6. The number of aromatic nitrogens is 1. The maximum Gasteiger partial charge on any atom is 0.298 e. The number of hydrogen-bond donors (Lipinski definition) is 1. The highest BCUT2D eigenvalue weighted by Gasteiger charge is 2.36. The summed E-state index contributed by atoms with van der Waals surface area (Å²) in [4.78, 5) is 21.5. The molecule has 1 aliphatic heterocycles. The van der Waals surface area contributed by atoms with Gasteiger partial charge in [0.2, 0.25) is 5.91 Å². The Kier molecular flexibility index (Phi) is 7.37. The molecular weight excluding hydrogens is 387 g/mol. The SMILES string of the molecule is Cc1ccc2oc(N3CCN(C(=O)[C@@H]4CCC[C@@H]4CN)CC3)nc2c1.Cl.Cl. The molecule has 2 N–H and O–H groups in total. The predicted molar refractivity (Wildman–Crippen MR) is 112 cm³/mol. The number of halogens is 2. The van der Waals surface area contributed by atoms with Crippen LogP contribution in [0, 0.1) is 18.8 Å². The number of amides is 1. The minimum absolute atomic E-state index is 0. The molecule has 2 fully saturated rings. The first-order valence-corrected chi connectivity index (χ1v) is 9.26. The molecule has 1 aliphatic carbocycles. The number of carbonyl (C=O) groups excluding carboxylic acids is 1. The Bertz CT molecular complexity index is 774. The van der Waals surface area contributed by atoms with Gasteiger partial charge in [0.1, 0.15) is 5.52 Å². The van der Waals surface area contributed by atoms with Crippen molar-refractivity contribution in [3.05, 3.63) is 23.8 Å². The second-order valence-corrected chi connectivity index (χ2v) is 7.31. The molecule has 27 heavy (non-hydrogen) atoms. The lowest BCUT2D eigenvalue weighted by molar-refractivity contribution is -0.136. The molecule has 2 atom stereocenters. The molecule has 4 rings (SSSR count). The van der Waals surface area contributed by atoms with E-state index in [2.05, 4.69) is 16.8 Å². The van der Waals surface area contributed by atoms with Gasteiger partial charge in [0, 0.05) is 32.1 Å². The van der Waals surface area contributed by atoms with Crippen LogP contribution in [0.2, 0.25) is 0 Å². The second kappa shape index (κ2) is 9.13.